The third kappa shape index (κ3) is 3.21. The first-order valence-electron chi connectivity index (χ1n) is 6.46. The Morgan fingerprint density at radius 1 is 1.38 bits per heavy atom. The number of hydrogen-bond donors (Lipinski definition) is 1. The number of carboxylic acids is 1. The van der Waals surface area contributed by atoms with Gasteiger partial charge in [0.1, 0.15) is 0 Å². The van der Waals surface area contributed by atoms with Crippen molar-refractivity contribution in [3.63, 3.8) is 0 Å². The second-order valence-electron chi connectivity index (χ2n) is 5.17. The number of rotatable bonds is 3. The van der Waals surface area contributed by atoms with E-state index in [4.69, 9.17) is 16.7 Å². The van der Waals surface area contributed by atoms with Crippen LogP contribution in [0.3, 0.4) is 0 Å². The molecule has 0 spiro atoms. The lowest BCUT2D eigenvalue weighted by Gasteiger charge is -2.37. The van der Waals surface area contributed by atoms with Crippen LogP contribution in [0.15, 0.2) is 23.1 Å². The van der Waals surface area contributed by atoms with Crippen LogP contribution in [0.4, 0.5) is 0 Å². The molecule has 0 saturated carbocycles. The molecule has 1 aliphatic heterocycles. The molecule has 1 atom stereocenters. The average Bonchev–Trinajstić information content (AvgIpc) is 2.38. The quantitative estimate of drug-likeness (QED) is 0.904. The summed E-state index contributed by atoms with van der Waals surface area (Å²) in [5.41, 5.74) is -0.209. The first-order valence-corrected chi connectivity index (χ1v) is 8.28. The molecule has 8 heteroatoms. The first kappa shape index (κ1) is 16.2. The zero-order valence-corrected chi connectivity index (χ0v) is 13.4. The van der Waals surface area contributed by atoms with Gasteiger partial charge in [-0.15, -0.1) is 0 Å². The van der Waals surface area contributed by atoms with Crippen LogP contribution in [-0.2, 0) is 10.0 Å². The van der Waals surface area contributed by atoms with E-state index in [0.717, 1.165) is 6.07 Å². The molecule has 0 aromatic heterocycles. The van der Waals surface area contributed by atoms with E-state index in [1.54, 1.807) is 0 Å². The Morgan fingerprint density at radius 3 is 2.62 bits per heavy atom. The number of hydrogen-bond acceptors (Lipinski definition) is 4. The summed E-state index contributed by atoms with van der Waals surface area (Å²) in [6.45, 7) is 3.49. The Balaban J connectivity index is 2.40. The van der Waals surface area contributed by atoms with Crippen LogP contribution in [0.2, 0.25) is 5.02 Å². The van der Waals surface area contributed by atoms with E-state index in [0.29, 0.717) is 19.6 Å². The standard InChI is InChI=1S/C13H17ClN2O4S/c1-9-8-15(2)5-6-16(9)21(19,20)10-3-4-12(14)11(7-10)13(17)18/h3-4,7,9H,5-6,8H2,1-2H3,(H,17,18). The van der Waals surface area contributed by atoms with Crippen molar-refractivity contribution >= 4 is 27.6 Å². The molecule has 1 saturated heterocycles. The number of carboxylic acid groups (broad SMARTS) is 1. The summed E-state index contributed by atoms with van der Waals surface area (Å²) in [6, 6.07) is 3.59. The van der Waals surface area contributed by atoms with Crippen molar-refractivity contribution in [2.24, 2.45) is 0 Å². The van der Waals surface area contributed by atoms with Crippen molar-refractivity contribution in [3.05, 3.63) is 28.8 Å². The number of halogens is 1. The summed E-state index contributed by atoms with van der Waals surface area (Å²) in [5, 5.41) is 9.07. The van der Waals surface area contributed by atoms with Crippen LogP contribution >= 0.6 is 11.6 Å². The molecule has 1 heterocycles. The second kappa shape index (κ2) is 5.92. The third-order valence-corrected chi connectivity index (χ3v) is 5.88. The van der Waals surface area contributed by atoms with E-state index >= 15 is 0 Å². The summed E-state index contributed by atoms with van der Waals surface area (Å²) in [7, 11) is -1.79. The molecule has 21 heavy (non-hydrogen) atoms. The van der Waals surface area contributed by atoms with Crippen LogP contribution < -0.4 is 0 Å². The predicted octanol–water partition coefficient (Wildman–Crippen LogP) is 1.36. The minimum Gasteiger partial charge on any atom is -0.478 e. The molecular formula is C13H17ClN2O4S. The SMILES string of the molecule is CC1CN(C)CCN1S(=O)(=O)c1ccc(Cl)c(C(=O)O)c1. The Bertz CT molecular complexity index is 662. The molecule has 1 fully saturated rings. The smallest absolute Gasteiger partial charge is 0.337 e. The predicted molar refractivity (Wildman–Crippen MR) is 79.3 cm³/mol. The highest BCUT2D eigenvalue weighted by atomic mass is 35.5. The molecule has 0 aliphatic carbocycles. The zero-order valence-electron chi connectivity index (χ0n) is 11.8. The molecule has 0 amide bonds. The molecule has 116 valence electrons. The fraction of sp³-hybridized carbons (Fsp3) is 0.462. The third-order valence-electron chi connectivity index (χ3n) is 3.54. The molecule has 2 rings (SSSR count). The van der Waals surface area contributed by atoms with Gasteiger partial charge >= 0.3 is 5.97 Å². The largest absolute Gasteiger partial charge is 0.478 e. The van der Waals surface area contributed by atoms with E-state index in [1.165, 1.54) is 16.4 Å². The summed E-state index contributed by atoms with van der Waals surface area (Å²) < 4.78 is 26.7. The van der Waals surface area contributed by atoms with E-state index in [9.17, 15) is 13.2 Å². The van der Waals surface area contributed by atoms with Crippen LogP contribution in [-0.4, -0.2) is 61.4 Å². The molecule has 1 N–H and O–H groups in total. The molecule has 0 bridgehead atoms. The maximum atomic E-state index is 12.7. The fourth-order valence-electron chi connectivity index (χ4n) is 2.44. The number of aromatic carboxylic acids is 1. The van der Waals surface area contributed by atoms with E-state index in [2.05, 4.69) is 4.90 Å². The first-order chi connectivity index (χ1) is 9.73. The van der Waals surface area contributed by atoms with Gasteiger partial charge in [-0.3, -0.25) is 0 Å². The Kier molecular flexibility index (Phi) is 4.57. The maximum Gasteiger partial charge on any atom is 0.337 e. The van der Waals surface area contributed by atoms with Crippen molar-refractivity contribution in [1.82, 2.24) is 9.21 Å². The summed E-state index contributed by atoms with van der Waals surface area (Å²) in [4.78, 5) is 13.1. The van der Waals surface area contributed by atoms with Crippen molar-refractivity contribution in [3.8, 4) is 0 Å². The number of likely N-dealkylation sites (N-methyl/N-ethyl adjacent to an activating group) is 1. The Labute approximate surface area is 129 Å². The lowest BCUT2D eigenvalue weighted by atomic mass is 10.2. The van der Waals surface area contributed by atoms with E-state index in [-0.39, 0.29) is 21.5 Å². The normalized spacial score (nSPS) is 21.4. The molecule has 1 unspecified atom stereocenters. The summed E-state index contributed by atoms with van der Waals surface area (Å²) in [6.07, 6.45) is 0. The van der Waals surface area contributed by atoms with Gasteiger partial charge in [0.25, 0.3) is 0 Å². The highest BCUT2D eigenvalue weighted by molar-refractivity contribution is 7.89. The van der Waals surface area contributed by atoms with Crippen molar-refractivity contribution in [2.75, 3.05) is 26.7 Å². The molecule has 1 aliphatic rings. The van der Waals surface area contributed by atoms with Gasteiger partial charge in [-0.2, -0.15) is 4.31 Å². The summed E-state index contributed by atoms with van der Waals surface area (Å²) >= 11 is 5.78. The van der Waals surface area contributed by atoms with Crippen LogP contribution in [0.1, 0.15) is 17.3 Å². The van der Waals surface area contributed by atoms with Crippen molar-refractivity contribution in [1.29, 1.82) is 0 Å². The van der Waals surface area contributed by atoms with Crippen LogP contribution in [0.25, 0.3) is 0 Å². The van der Waals surface area contributed by atoms with Gasteiger partial charge < -0.3 is 10.0 Å². The van der Waals surface area contributed by atoms with Gasteiger partial charge in [-0.05, 0) is 32.2 Å². The molecule has 6 nitrogen and oxygen atoms in total. The van der Waals surface area contributed by atoms with Crippen LogP contribution in [0.5, 0.6) is 0 Å². The molecule has 1 aromatic rings. The second-order valence-corrected chi connectivity index (χ2v) is 7.47. The minimum absolute atomic E-state index is 0.0212. The number of sulfonamides is 1. The number of nitrogens with zero attached hydrogens (tertiary/aromatic N) is 2. The lowest BCUT2D eigenvalue weighted by molar-refractivity contribution is 0.0697. The van der Waals surface area contributed by atoms with Gasteiger partial charge in [0.05, 0.1) is 15.5 Å². The maximum absolute atomic E-state index is 12.7. The summed E-state index contributed by atoms with van der Waals surface area (Å²) in [5.74, 6) is -1.25. The topological polar surface area (TPSA) is 77.9 Å². The van der Waals surface area contributed by atoms with Crippen molar-refractivity contribution < 1.29 is 18.3 Å². The highest BCUT2D eigenvalue weighted by Crippen LogP contribution is 2.25. The van der Waals surface area contributed by atoms with Gasteiger partial charge in [0.15, 0.2) is 0 Å². The average molecular weight is 333 g/mol. The van der Waals surface area contributed by atoms with Crippen LogP contribution in [0, 0.1) is 0 Å². The number of carbonyl (C=O) groups is 1. The molecular weight excluding hydrogens is 316 g/mol. The minimum atomic E-state index is -3.72. The fourth-order valence-corrected chi connectivity index (χ4v) is 4.28. The molecule has 1 aromatic carbocycles. The Morgan fingerprint density at radius 2 is 2.05 bits per heavy atom. The lowest BCUT2D eigenvalue weighted by Crippen LogP contribution is -2.52. The monoisotopic (exact) mass is 332 g/mol. The number of benzene rings is 1. The number of piperazine rings is 1. The Hall–Kier alpha value is -1.15. The van der Waals surface area contributed by atoms with E-state index < -0.39 is 16.0 Å². The molecule has 0 radical (unpaired) electrons. The highest BCUT2D eigenvalue weighted by Gasteiger charge is 2.33. The van der Waals surface area contributed by atoms with Crippen molar-refractivity contribution in [2.45, 2.75) is 17.9 Å². The zero-order chi connectivity index (χ0) is 15.8. The van der Waals surface area contributed by atoms with Gasteiger partial charge in [-0.25, -0.2) is 13.2 Å². The van der Waals surface area contributed by atoms with Gasteiger partial charge in [-0.1, -0.05) is 11.6 Å². The van der Waals surface area contributed by atoms with Gasteiger partial charge in [0.2, 0.25) is 10.0 Å². The van der Waals surface area contributed by atoms with Gasteiger partial charge in [0, 0.05) is 25.7 Å². The van der Waals surface area contributed by atoms with E-state index in [1.807, 2.05) is 14.0 Å².